The number of carbonyl (C=O) groups is 2. The fourth-order valence-corrected chi connectivity index (χ4v) is 4.53. The monoisotopic (exact) mass is 649 g/mol. The topological polar surface area (TPSA) is 86.8 Å². The van der Waals surface area contributed by atoms with Crippen LogP contribution in [0.2, 0.25) is 0 Å². The summed E-state index contributed by atoms with van der Waals surface area (Å²) in [4.78, 5) is 27.7. The number of carbonyl (C=O) groups excluding carboxylic acids is 2. The van der Waals surface area contributed by atoms with Gasteiger partial charge < -0.3 is 10.2 Å². The average Bonchev–Trinajstić information content (AvgIpc) is 2.76. The van der Waals surface area contributed by atoms with Crippen LogP contribution in [0.15, 0.2) is 53.0 Å². The van der Waals surface area contributed by atoms with E-state index in [1.807, 2.05) is 38.1 Å². The Hall–Kier alpha value is -1.66. The molecule has 2 aromatic carbocycles. The summed E-state index contributed by atoms with van der Waals surface area (Å²) in [7, 11) is -3.73. The first-order chi connectivity index (χ1) is 15.4. The molecule has 0 unspecified atom stereocenters. The zero-order chi connectivity index (χ0) is 24.8. The quantitative estimate of drug-likeness (QED) is 0.392. The molecule has 2 rings (SSSR count). The second-order valence-corrected chi connectivity index (χ2v) is 12.0. The molecule has 0 heterocycles. The molecule has 0 aliphatic heterocycles. The van der Waals surface area contributed by atoms with Crippen LogP contribution in [0.4, 0.5) is 5.69 Å². The predicted octanol–water partition coefficient (Wildman–Crippen LogP) is 4.15. The first-order valence-corrected chi connectivity index (χ1v) is 14.2. The molecule has 0 spiro atoms. The SMILES string of the molecule is CC[C@H](C)NC(=O)[C@@H](C)N(Cc1ccc(Br)cc1)C(=O)CN(c1ccc(I)cc1)S(C)(=O)=O. The van der Waals surface area contributed by atoms with Crippen molar-refractivity contribution in [2.24, 2.45) is 0 Å². The van der Waals surface area contributed by atoms with E-state index >= 15 is 0 Å². The summed E-state index contributed by atoms with van der Waals surface area (Å²) >= 11 is 5.52. The Morgan fingerprint density at radius 1 is 1.06 bits per heavy atom. The number of benzene rings is 2. The number of amides is 2. The second-order valence-electron chi connectivity index (χ2n) is 7.89. The highest BCUT2D eigenvalue weighted by atomic mass is 127. The molecular formula is C23H29BrIN3O4S. The molecule has 0 saturated carbocycles. The van der Waals surface area contributed by atoms with Gasteiger partial charge in [-0.3, -0.25) is 13.9 Å². The standard InChI is InChI=1S/C23H29BrIN3O4S/c1-5-16(2)26-23(30)17(3)27(14-18-6-8-19(24)9-7-18)22(29)15-28(33(4,31)32)21-12-10-20(25)11-13-21/h6-13,16-17H,5,14-15H2,1-4H3,(H,26,30)/t16-,17+/m0/s1. The summed E-state index contributed by atoms with van der Waals surface area (Å²) in [5.74, 6) is -0.747. The van der Waals surface area contributed by atoms with Crippen LogP contribution >= 0.6 is 38.5 Å². The Balaban J connectivity index is 2.36. The van der Waals surface area contributed by atoms with Crippen molar-refractivity contribution in [1.29, 1.82) is 0 Å². The van der Waals surface area contributed by atoms with Crippen LogP contribution in [0.1, 0.15) is 32.8 Å². The minimum atomic E-state index is -3.73. The van der Waals surface area contributed by atoms with E-state index in [0.29, 0.717) is 5.69 Å². The van der Waals surface area contributed by atoms with Crippen molar-refractivity contribution < 1.29 is 18.0 Å². The fourth-order valence-electron chi connectivity index (χ4n) is 3.06. The van der Waals surface area contributed by atoms with E-state index in [1.165, 1.54) is 4.90 Å². The van der Waals surface area contributed by atoms with E-state index in [-0.39, 0.29) is 18.5 Å². The van der Waals surface area contributed by atoms with Gasteiger partial charge in [0.1, 0.15) is 12.6 Å². The van der Waals surface area contributed by atoms with Crippen molar-refractivity contribution in [1.82, 2.24) is 10.2 Å². The van der Waals surface area contributed by atoms with Gasteiger partial charge in [0.25, 0.3) is 0 Å². The lowest BCUT2D eigenvalue weighted by Gasteiger charge is -2.32. The fraction of sp³-hybridized carbons (Fsp3) is 0.391. The third-order valence-corrected chi connectivity index (χ3v) is 7.62. The lowest BCUT2D eigenvalue weighted by atomic mass is 10.1. The minimum absolute atomic E-state index is 0.0381. The molecule has 0 aliphatic carbocycles. The van der Waals surface area contributed by atoms with Gasteiger partial charge in [-0.25, -0.2) is 8.42 Å². The number of anilines is 1. The zero-order valence-corrected chi connectivity index (χ0v) is 23.6. The van der Waals surface area contributed by atoms with Crippen LogP contribution in [-0.4, -0.2) is 50.0 Å². The number of nitrogens with one attached hydrogen (secondary N) is 1. The van der Waals surface area contributed by atoms with Gasteiger partial charge in [0.05, 0.1) is 11.9 Å². The molecule has 1 N–H and O–H groups in total. The molecule has 0 radical (unpaired) electrons. The average molecular weight is 650 g/mol. The highest BCUT2D eigenvalue weighted by Crippen LogP contribution is 2.21. The maximum Gasteiger partial charge on any atom is 0.244 e. The van der Waals surface area contributed by atoms with Crippen molar-refractivity contribution in [3.05, 3.63) is 62.1 Å². The smallest absolute Gasteiger partial charge is 0.244 e. The van der Waals surface area contributed by atoms with Crippen LogP contribution < -0.4 is 9.62 Å². The van der Waals surface area contributed by atoms with Gasteiger partial charge in [0, 0.05) is 20.6 Å². The zero-order valence-electron chi connectivity index (χ0n) is 19.1. The molecule has 2 aromatic rings. The highest BCUT2D eigenvalue weighted by molar-refractivity contribution is 14.1. The van der Waals surface area contributed by atoms with Crippen LogP contribution in [0.5, 0.6) is 0 Å². The third-order valence-electron chi connectivity index (χ3n) is 5.23. The van der Waals surface area contributed by atoms with Crippen molar-refractivity contribution in [2.75, 3.05) is 17.1 Å². The van der Waals surface area contributed by atoms with Crippen LogP contribution in [0, 0.1) is 3.57 Å². The van der Waals surface area contributed by atoms with Crippen LogP contribution in [0.25, 0.3) is 0 Å². The van der Waals surface area contributed by atoms with Gasteiger partial charge in [0.2, 0.25) is 21.8 Å². The molecular weight excluding hydrogens is 621 g/mol. The number of rotatable bonds is 10. The van der Waals surface area contributed by atoms with E-state index in [4.69, 9.17) is 0 Å². The number of sulfonamides is 1. The summed E-state index contributed by atoms with van der Waals surface area (Å²) in [6.07, 6.45) is 1.82. The van der Waals surface area contributed by atoms with Gasteiger partial charge in [-0.2, -0.15) is 0 Å². The normalized spacial score (nSPS) is 13.2. The van der Waals surface area contributed by atoms with Gasteiger partial charge in [-0.1, -0.05) is 35.0 Å². The summed E-state index contributed by atoms with van der Waals surface area (Å²) in [5.41, 5.74) is 1.22. The molecule has 7 nitrogen and oxygen atoms in total. The Bertz CT molecular complexity index is 1060. The first-order valence-electron chi connectivity index (χ1n) is 10.5. The third kappa shape index (κ3) is 8.25. The number of halogens is 2. The molecule has 0 aromatic heterocycles. The van der Waals surface area contributed by atoms with Gasteiger partial charge >= 0.3 is 0 Å². The molecule has 0 fully saturated rings. The molecule has 0 aliphatic rings. The van der Waals surface area contributed by atoms with E-state index in [9.17, 15) is 18.0 Å². The molecule has 33 heavy (non-hydrogen) atoms. The Kier molecular flexibility index (Phi) is 10.2. The molecule has 0 saturated heterocycles. The van der Waals surface area contributed by atoms with Crippen LogP contribution in [-0.2, 0) is 26.2 Å². The van der Waals surface area contributed by atoms with E-state index < -0.39 is 28.5 Å². The van der Waals surface area contributed by atoms with Crippen molar-refractivity contribution >= 4 is 66.0 Å². The van der Waals surface area contributed by atoms with E-state index in [0.717, 1.165) is 30.6 Å². The van der Waals surface area contributed by atoms with Crippen molar-refractivity contribution in [3.8, 4) is 0 Å². The molecule has 2 atom stereocenters. The largest absolute Gasteiger partial charge is 0.352 e. The van der Waals surface area contributed by atoms with Crippen LogP contribution in [0.3, 0.4) is 0 Å². The lowest BCUT2D eigenvalue weighted by molar-refractivity contribution is -0.139. The molecule has 2 amide bonds. The Morgan fingerprint density at radius 2 is 1.64 bits per heavy atom. The van der Waals surface area contributed by atoms with E-state index in [2.05, 4.69) is 43.8 Å². The van der Waals surface area contributed by atoms with Gasteiger partial charge in [0.15, 0.2) is 0 Å². The summed E-state index contributed by atoms with van der Waals surface area (Å²) in [6, 6.07) is 13.5. The molecule has 0 bridgehead atoms. The van der Waals surface area contributed by atoms with Gasteiger partial charge in [-0.15, -0.1) is 0 Å². The molecule has 180 valence electrons. The highest BCUT2D eigenvalue weighted by Gasteiger charge is 2.30. The van der Waals surface area contributed by atoms with E-state index in [1.54, 1.807) is 31.2 Å². The number of hydrogen-bond donors (Lipinski definition) is 1. The molecule has 10 heteroatoms. The Morgan fingerprint density at radius 3 is 2.15 bits per heavy atom. The lowest BCUT2D eigenvalue weighted by Crippen LogP contribution is -2.52. The number of hydrogen-bond acceptors (Lipinski definition) is 4. The van der Waals surface area contributed by atoms with Crippen molar-refractivity contribution in [2.45, 2.75) is 45.8 Å². The maximum absolute atomic E-state index is 13.4. The second kappa shape index (κ2) is 12.2. The summed E-state index contributed by atoms with van der Waals surface area (Å²) in [5, 5.41) is 2.91. The maximum atomic E-state index is 13.4. The van der Waals surface area contributed by atoms with Gasteiger partial charge in [-0.05, 0) is 84.8 Å². The minimum Gasteiger partial charge on any atom is -0.352 e. The van der Waals surface area contributed by atoms with Crippen molar-refractivity contribution in [3.63, 3.8) is 0 Å². The summed E-state index contributed by atoms with van der Waals surface area (Å²) < 4.78 is 28.0. The number of nitrogens with zero attached hydrogens (tertiary/aromatic N) is 2. The first kappa shape index (κ1) is 27.6. The Labute approximate surface area is 218 Å². The summed E-state index contributed by atoms with van der Waals surface area (Å²) in [6.45, 7) is 5.28. The predicted molar refractivity (Wildman–Crippen MR) is 143 cm³/mol.